The van der Waals surface area contributed by atoms with Gasteiger partial charge in [0.2, 0.25) is 34.7 Å². The molecule has 3 N–H and O–H groups in total. The number of carbonyl (C=O) groups is 3. The maximum atomic E-state index is 15.4. The van der Waals surface area contributed by atoms with Crippen molar-refractivity contribution in [2.75, 3.05) is 16.9 Å². The molecular weight excluding hydrogens is 851 g/mol. The molecule has 0 saturated heterocycles. The Morgan fingerprint density at radius 3 is 1.14 bits per heavy atom. The molecule has 338 valence electrons. The molecule has 0 spiro atoms. The molecule has 6 aliphatic rings. The Labute approximate surface area is 365 Å². The summed E-state index contributed by atoms with van der Waals surface area (Å²) in [6.45, 7) is 18.9. The van der Waals surface area contributed by atoms with Crippen LogP contribution in [0.15, 0.2) is 6.07 Å². The zero-order valence-corrected chi connectivity index (χ0v) is 37.6. The minimum Gasteiger partial charge on any atom is -0.479 e. The molecular formula is C43H47NO18S. The fourth-order valence-electron chi connectivity index (χ4n) is 8.70. The minimum atomic E-state index is -2.60. The number of fused-ring (bicyclic) bond motifs is 6. The number of carboxylic acids is 3. The van der Waals surface area contributed by atoms with Gasteiger partial charge in [-0.3, -0.25) is 0 Å². The van der Waals surface area contributed by atoms with Crippen LogP contribution in [0, 0.1) is 0 Å². The lowest BCUT2D eigenvalue weighted by atomic mass is 9.81. The zero-order valence-electron chi connectivity index (χ0n) is 36.8. The van der Waals surface area contributed by atoms with Gasteiger partial charge in [-0.25, -0.2) is 14.4 Å². The number of nitrogens with zero attached hydrogens (tertiary/aromatic N) is 1. The van der Waals surface area contributed by atoms with E-state index < -0.39 is 69.3 Å². The predicted octanol–water partition coefficient (Wildman–Crippen LogP) is 8.00. The van der Waals surface area contributed by atoms with Crippen LogP contribution in [0.4, 0.5) is 11.4 Å². The molecule has 0 radical (unpaired) electrons. The van der Waals surface area contributed by atoms with Gasteiger partial charge in [0.05, 0.1) is 5.56 Å². The number of aromatic carboxylic acids is 2. The lowest BCUT2D eigenvalue weighted by Gasteiger charge is -2.44. The van der Waals surface area contributed by atoms with E-state index in [2.05, 4.69) is 0 Å². The summed E-state index contributed by atoms with van der Waals surface area (Å²) in [5.74, 6) is -15.6. The van der Waals surface area contributed by atoms with Crippen molar-refractivity contribution >= 4 is 41.0 Å². The molecule has 0 unspecified atom stereocenters. The highest BCUT2D eigenvalue weighted by atomic mass is 32.2. The van der Waals surface area contributed by atoms with Crippen LogP contribution in [0.5, 0.6) is 69.0 Å². The second-order valence-electron chi connectivity index (χ2n) is 18.5. The Balaban J connectivity index is 1.55. The van der Waals surface area contributed by atoms with Crippen molar-refractivity contribution < 1.29 is 86.5 Å². The van der Waals surface area contributed by atoms with E-state index in [-0.39, 0.29) is 98.1 Å². The third-order valence-electron chi connectivity index (χ3n) is 10.6. The largest absolute Gasteiger partial charge is 0.479 e. The van der Waals surface area contributed by atoms with Crippen molar-refractivity contribution in [3.05, 3.63) is 22.8 Å². The summed E-state index contributed by atoms with van der Waals surface area (Å²) in [6, 6.07) is 1.56. The highest BCUT2D eigenvalue weighted by Crippen LogP contribution is 2.71. The molecule has 3 aromatic rings. The van der Waals surface area contributed by atoms with E-state index in [9.17, 15) is 24.9 Å². The fraction of sp³-hybridized carbons (Fsp3) is 0.512. The highest BCUT2D eigenvalue weighted by molar-refractivity contribution is 7.98. The van der Waals surface area contributed by atoms with E-state index in [1.807, 2.05) is 0 Å². The predicted molar refractivity (Wildman–Crippen MR) is 220 cm³/mol. The second-order valence-corrected chi connectivity index (χ2v) is 19.4. The van der Waals surface area contributed by atoms with Crippen molar-refractivity contribution in [1.29, 1.82) is 0 Å². The van der Waals surface area contributed by atoms with Crippen molar-refractivity contribution in [2.45, 2.75) is 130 Å². The first-order valence-electron chi connectivity index (χ1n) is 20.0. The summed E-state index contributed by atoms with van der Waals surface area (Å²) in [6.07, 6.45) is 1.42. The van der Waals surface area contributed by atoms with Crippen molar-refractivity contribution in [1.82, 2.24) is 0 Å². The number of benzene rings is 3. The average Bonchev–Trinajstić information content (AvgIpc) is 3.92. The molecule has 3 aromatic carbocycles. The first kappa shape index (κ1) is 42.1. The summed E-state index contributed by atoms with van der Waals surface area (Å²) in [4.78, 5) is 43.3. The van der Waals surface area contributed by atoms with E-state index >= 15 is 4.79 Å². The lowest BCUT2D eigenvalue weighted by molar-refractivity contribution is -0.144. The van der Waals surface area contributed by atoms with E-state index in [1.54, 1.807) is 67.7 Å². The van der Waals surface area contributed by atoms with Gasteiger partial charge < -0.3 is 77.1 Å². The van der Waals surface area contributed by atoms with Gasteiger partial charge in [0.1, 0.15) is 11.4 Å². The maximum absolute atomic E-state index is 15.4. The molecule has 0 amide bonds. The molecule has 0 aromatic heterocycles. The summed E-state index contributed by atoms with van der Waals surface area (Å²) in [5, 5.41) is 34.1. The summed E-state index contributed by atoms with van der Waals surface area (Å²) < 4.78 is 77.0. The van der Waals surface area contributed by atoms with Gasteiger partial charge in [0.15, 0.2) is 85.7 Å². The molecule has 20 heteroatoms. The van der Waals surface area contributed by atoms with Gasteiger partial charge in [-0.05, 0) is 18.4 Å². The molecule has 6 aliphatic heterocycles. The monoisotopic (exact) mass is 897 g/mol. The third-order valence-corrected chi connectivity index (χ3v) is 11.3. The minimum absolute atomic E-state index is 0.0265. The number of carboxylic acid groups (broad SMARTS) is 3. The average molecular weight is 898 g/mol. The number of rotatable bonds is 10. The summed E-state index contributed by atoms with van der Waals surface area (Å²) in [5.41, 5.74) is -4.12. The third kappa shape index (κ3) is 6.25. The SMILES string of the molecule is CSCC[C@](C(=O)O)(c1c2c(c(C(=O)O)c3c1OC(C)(C)O3)OC(C)(C)O2)N(c1c2c(cc3c1OC(C)(C)O3)OC(C)(C)O2)c1c2c(c(C(=O)O)c3c1OC(C)(C)O3)OC(C)(C)O2. The first-order chi connectivity index (χ1) is 29.0. The quantitative estimate of drug-likeness (QED) is 0.175. The maximum Gasteiger partial charge on any atom is 0.343 e. The Hall–Kier alpha value is -6.18. The summed E-state index contributed by atoms with van der Waals surface area (Å²) >= 11 is 1.30. The molecule has 0 aliphatic carbocycles. The van der Waals surface area contributed by atoms with Crippen LogP contribution < -0.4 is 61.7 Å². The van der Waals surface area contributed by atoms with Crippen LogP contribution in [-0.4, -0.2) is 80.0 Å². The number of thioether (sulfide) groups is 1. The lowest BCUT2D eigenvalue weighted by Crippen LogP contribution is -2.51. The number of hydrogen-bond acceptors (Lipinski definition) is 17. The number of aliphatic carboxylic acids is 1. The molecule has 0 saturated carbocycles. The van der Waals surface area contributed by atoms with Crippen LogP contribution in [0.25, 0.3) is 0 Å². The van der Waals surface area contributed by atoms with Crippen LogP contribution in [-0.2, 0) is 10.3 Å². The Bertz CT molecular complexity index is 2460. The molecule has 0 bridgehead atoms. The standard InChI is InChI=1S/C43H47NO18S/c1-37(2)51-17-16-18-25(54-38(3,4)52-18)22(24(17)53-37)44(23-32-28(57-41(9,10)61-32)20(35(47)48)29-33(23)62-42(11,12)58-29)43(36(49)50,14-15-63-13)21-30-26(55-39(5,6)59-30)19(34(45)46)27-31(21)60-40(7,8)56-27/h16H,14-15H2,1-13H3,(H,45,46)(H,47,48)(H,49,50)/t43-/m1/s1. The Kier molecular flexibility index (Phi) is 8.51. The van der Waals surface area contributed by atoms with E-state index in [1.165, 1.54) is 44.4 Å². The van der Waals surface area contributed by atoms with Crippen LogP contribution in [0.1, 0.15) is 116 Å². The van der Waals surface area contributed by atoms with Gasteiger partial charge in [-0.2, -0.15) is 11.8 Å². The molecule has 9 rings (SSSR count). The van der Waals surface area contributed by atoms with Gasteiger partial charge >= 0.3 is 17.9 Å². The smallest absolute Gasteiger partial charge is 0.343 e. The Morgan fingerprint density at radius 2 is 0.794 bits per heavy atom. The van der Waals surface area contributed by atoms with Gasteiger partial charge in [-0.1, -0.05) is 0 Å². The van der Waals surface area contributed by atoms with Crippen molar-refractivity contribution in [2.24, 2.45) is 0 Å². The second kappa shape index (κ2) is 12.7. The topological polar surface area (TPSA) is 226 Å². The summed E-state index contributed by atoms with van der Waals surface area (Å²) in [7, 11) is 0. The van der Waals surface area contributed by atoms with Crippen LogP contribution in [0.2, 0.25) is 0 Å². The van der Waals surface area contributed by atoms with E-state index in [0.717, 1.165) is 0 Å². The van der Waals surface area contributed by atoms with Gasteiger partial charge in [0, 0.05) is 89.2 Å². The van der Waals surface area contributed by atoms with Gasteiger partial charge in [0.25, 0.3) is 0 Å². The molecule has 63 heavy (non-hydrogen) atoms. The van der Waals surface area contributed by atoms with Crippen LogP contribution in [0.3, 0.4) is 0 Å². The number of ether oxygens (including phenoxy) is 12. The normalized spacial score (nSPS) is 21.2. The van der Waals surface area contributed by atoms with Crippen molar-refractivity contribution in [3.8, 4) is 69.0 Å². The zero-order chi connectivity index (χ0) is 45.9. The Morgan fingerprint density at radius 1 is 0.492 bits per heavy atom. The fourth-order valence-corrected chi connectivity index (χ4v) is 9.20. The van der Waals surface area contributed by atoms with Crippen molar-refractivity contribution in [3.63, 3.8) is 0 Å². The molecule has 0 fully saturated rings. The van der Waals surface area contributed by atoms with Gasteiger partial charge in [-0.15, -0.1) is 0 Å². The number of hydrogen-bond donors (Lipinski definition) is 3. The van der Waals surface area contributed by atoms with Crippen LogP contribution >= 0.6 is 11.8 Å². The van der Waals surface area contributed by atoms with E-state index in [4.69, 9.17) is 56.8 Å². The van der Waals surface area contributed by atoms with E-state index in [0.29, 0.717) is 0 Å². The molecule has 19 nitrogen and oxygen atoms in total. The first-order valence-corrected chi connectivity index (χ1v) is 21.4. The molecule has 6 heterocycles. The number of anilines is 2. The highest BCUT2D eigenvalue weighted by Gasteiger charge is 2.62. The molecule has 1 atom stereocenters.